The molecule has 0 spiro atoms. The molecular weight excluding hydrogens is 273 g/mol. The van der Waals surface area contributed by atoms with Crippen LogP contribution in [0.2, 0.25) is 0 Å². The Morgan fingerprint density at radius 3 is 2.88 bits per heavy atom. The Balaban J connectivity index is 1.97. The molecule has 0 aromatic heterocycles. The third kappa shape index (κ3) is 2.61. The zero-order chi connectivity index (χ0) is 11.7. The van der Waals surface area contributed by atoms with Crippen LogP contribution in [-0.4, -0.2) is 12.5 Å². The molecule has 2 rings (SSSR count). The molecule has 0 radical (unpaired) electrons. The minimum atomic E-state index is -0.490. The summed E-state index contributed by atoms with van der Waals surface area (Å²) in [5, 5.41) is 2.76. The number of halogens is 2. The molecule has 0 heterocycles. The van der Waals surface area contributed by atoms with Crippen LogP contribution in [0.3, 0.4) is 0 Å². The molecule has 2 atom stereocenters. The lowest BCUT2D eigenvalue weighted by Crippen LogP contribution is -2.26. The molecule has 1 N–H and O–H groups in total. The van der Waals surface area contributed by atoms with E-state index in [0.717, 1.165) is 6.42 Å². The van der Waals surface area contributed by atoms with Gasteiger partial charge in [0.05, 0.1) is 5.56 Å². The maximum Gasteiger partial charge on any atom is 0.254 e. The van der Waals surface area contributed by atoms with E-state index in [1.165, 1.54) is 12.1 Å². The molecule has 2 unspecified atom stereocenters. The lowest BCUT2D eigenvalue weighted by Gasteiger charge is -2.05. The molecule has 1 amide bonds. The van der Waals surface area contributed by atoms with Crippen molar-refractivity contribution in [1.82, 2.24) is 5.32 Å². The van der Waals surface area contributed by atoms with Gasteiger partial charge in [0.1, 0.15) is 5.82 Å². The summed E-state index contributed by atoms with van der Waals surface area (Å²) < 4.78 is 14.1. The van der Waals surface area contributed by atoms with Gasteiger partial charge in [-0.25, -0.2) is 4.39 Å². The van der Waals surface area contributed by atoms with E-state index in [-0.39, 0.29) is 11.5 Å². The Morgan fingerprint density at radius 2 is 2.31 bits per heavy atom. The first-order chi connectivity index (χ1) is 7.58. The summed E-state index contributed by atoms with van der Waals surface area (Å²) in [5.74, 6) is 0.442. The van der Waals surface area contributed by atoms with Crippen LogP contribution in [-0.2, 0) is 0 Å². The van der Waals surface area contributed by atoms with Crippen molar-refractivity contribution in [3.63, 3.8) is 0 Å². The summed E-state index contributed by atoms with van der Waals surface area (Å²) in [4.78, 5) is 11.6. The van der Waals surface area contributed by atoms with Gasteiger partial charge in [-0.2, -0.15) is 0 Å². The van der Waals surface area contributed by atoms with Gasteiger partial charge in [0.2, 0.25) is 0 Å². The van der Waals surface area contributed by atoms with Gasteiger partial charge in [-0.15, -0.1) is 0 Å². The fourth-order valence-corrected chi connectivity index (χ4v) is 2.01. The second-order valence-corrected chi connectivity index (χ2v) is 5.22. The molecular formula is C12H13BrFNO. The van der Waals surface area contributed by atoms with Gasteiger partial charge in [-0.1, -0.05) is 22.9 Å². The number of hydrogen-bond donors (Lipinski definition) is 1. The number of amides is 1. The molecule has 4 heteroatoms. The highest BCUT2D eigenvalue weighted by atomic mass is 79.9. The van der Waals surface area contributed by atoms with Crippen LogP contribution in [0.15, 0.2) is 22.7 Å². The van der Waals surface area contributed by atoms with Crippen molar-refractivity contribution in [2.75, 3.05) is 6.54 Å². The van der Waals surface area contributed by atoms with Crippen molar-refractivity contribution < 1.29 is 9.18 Å². The Labute approximate surface area is 102 Å². The second-order valence-electron chi connectivity index (χ2n) is 4.31. The highest BCUT2D eigenvalue weighted by molar-refractivity contribution is 9.10. The average molecular weight is 286 g/mol. The Bertz CT molecular complexity index is 421. The van der Waals surface area contributed by atoms with Crippen LogP contribution >= 0.6 is 15.9 Å². The molecule has 1 aromatic rings. The van der Waals surface area contributed by atoms with E-state index in [1.807, 2.05) is 0 Å². The number of carbonyl (C=O) groups is 1. The van der Waals surface area contributed by atoms with Gasteiger partial charge in [-0.3, -0.25) is 4.79 Å². The number of hydrogen-bond acceptors (Lipinski definition) is 1. The van der Waals surface area contributed by atoms with E-state index >= 15 is 0 Å². The molecule has 1 aliphatic carbocycles. The van der Waals surface area contributed by atoms with Crippen molar-refractivity contribution in [3.8, 4) is 0 Å². The van der Waals surface area contributed by atoms with Crippen molar-refractivity contribution in [2.24, 2.45) is 11.8 Å². The molecule has 0 saturated heterocycles. The summed E-state index contributed by atoms with van der Waals surface area (Å²) in [6.07, 6.45) is 1.16. The normalized spacial score (nSPS) is 22.9. The predicted molar refractivity (Wildman–Crippen MR) is 63.7 cm³/mol. The van der Waals surface area contributed by atoms with Crippen LogP contribution in [0.4, 0.5) is 4.39 Å². The Kier molecular flexibility index (Phi) is 3.28. The molecule has 0 bridgehead atoms. The maximum absolute atomic E-state index is 13.4. The first-order valence-electron chi connectivity index (χ1n) is 5.31. The minimum absolute atomic E-state index is 0.108. The average Bonchev–Trinajstić information content (AvgIpc) is 2.91. The maximum atomic E-state index is 13.4. The summed E-state index contributed by atoms with van der Waals surface area (Å²) in [6, 6.07) is 4.46. The predicted octanol–water partition coefficient (Wildman–Crippen LogP) is 2.97. The molecule has 1 aromatic carbocycles. The number of rotatable bonds is 3. The molecule has 1 aliphatic rings. The van der Waals surface area contributed by atoms with E-state index in [9.17, 15) is 9.18 Å². The molecule has 16 heavy (non-hydrogen) atoms. The van der Waals surface area contributed by atoms with Gasteiger partial charge >= 0.3 is 0 Å². The molecule has 1 saturated carbocycles. The largest absolute Gasteiger partial charge is 0.352 e. The van der Waals surface area contributed by atoms with E-state index in [4.69, 9.17) is 0 Å². The highest BCUT2D eigenvalue weighted by Gasteiger charge is 2.32. The van der Waals surface area contributed by atoms with E-state index < -0.39 is 5.82 Å². The van der Waals surface area contributed by atoms with Gasteiger partial charge in [0.15, 0.2) is 0 Å². The third-order valence-corrected chi connectivity index (χ3v) is 3.47. The SMILES string of the molecule is CC1CC1CNC(=O)c1ccc(Br)cc1F. The van der Waals surface area contributed by atoms with Crippen LogP contribution in [0.1, 0.15) is 23.7 Å². The number of carbonyl (C=O) groups excluding carboxylic acids is 1. The molecule has 2 nitrogen and oxygen atoms in total. The zero-order valence-electron chi connectivity index (χ0n) is 8.97. The smallest absolute Gasteiger partial charge is 0.254 e. The topological polar surface area (TPSA) is 29.1 Å². The fraction of sp³-hybridized carbons (Fsp3) is 0.417. The van der Waals surface area contributed by atoms with Gasteiger partial charge in [0, 0.05) is 11.0 Å². The fourth-order valence-electron chi connectivity index (χ4n) is 1.68. The van der Waals surface area contributed by atoms with Gasteiger partial charge in [0.25, 0.3) is 5.91 Å². The van der Waals surface area contributed by atoms with Crippen molar-refractivity contribution in [1.29, 1.82) is 0 Å². The number of nitrogens with one attached hydrogen (secondary N) is 1. The summed E-state index contributed by atoms with van der Waals surface area (Å²) in [6.45, 7) is 2.80. The van der Waals surface area contributed by atoms with Gasteiger partial charge in [-0.05, 0) is 36.5 Å². The van der Waals surface area contributed by atoms with Crippen LogP contribution in [0, 0.1) is 17.7 Å². The van der Waals surface area contributed by atoms with Crippen molar-refractivity contribution >= 4 is 21.8 Å². The van der Waals surface area contributed by atoms with Crippen LogP contribution in [0.25, 0.3) is 0 Å². The molecule has 86 valence electrons. The third-order valence-electron chi connectivity index (χ3n) is 2.98. The van der Waals surface area contributed by atoms with Crippen LogP contribution < -0.4 is 5.32 Å². The Hall–Kier alpha value is -0.900. The van der Waals surface area contributed by atoms with Gasteiger partial charge < -0.3 is 5.32 Å². The lowest BCUT2D eigenvalue weighted by molar-refractivity contribution is 0.0947. The summed E-state index contributed by atoms with van der Waals surface area (Å²) in [5.41, 5.74) is 0.108. The monoisotopic (exact) mass is 285 g/mol. The molecule has 1 fully saturated rings. The second kappa shape index (κ2) is 4.53. The summed E-state index contributed by atoms with van der Waals surface area (Å²) in [7, 11) is 0. The summed E-state index contributed by atoms with van der Waals surface area (Å²) >= 11 is 3.15. The standard InChI is InChI=1S/C12H13BrFNO/c1-7-4-8(7)6-15-12(16)10-3-2-9(13)5-11(10)14/h2-3,5,7-8H,4,6H2,1H3,(H,15,16). The molecule has 0 aliphatic heterocycles. The first-order valence-corrected chi connectivity index (χ1v) is 6.10. The van der Waals surface area contributed by atoms with E-state index in [2.05, 4.69) is 28.2 Å². The van der Waals surface area contributed by atoms with E-state index in [0.29, 0.717) is 22.9 Å². The minimum Gasteiger partial charge on any atom is -0.352 e. The van der Waals surface area contributed by atoms with Crippen LogP contribution in [0.5, 0.6) is 0 Å². The quantitative estimate of drug-likeness (QED) is 0.909. The first kappa shape index (κ1) is 11.6. The van der Waals surface area contributed by atoms with Crippen molar-refractivity contribution in [3.05, 3.63) is 34.1 Å². The lowest BCUT2D eigenvalue weighted by atomic mass is 10.2. The Morgan fingerprint density at radius 1 is 1.62 bits per heavy atom. The highest BCUT2D eigenvalue weighted by Crippen LogP contribution is 2.36. The van der Waals surface area contributed by atoms with E-state index in [1.54, 1.807) is 6.07 Å². The van der Waals surface area contributed by atoms with Crippen molar-refractivity contribution in [2.45, 2.75) is 13.3 Å². The zero-order valence-corrected chi connectivity index (χ0v) is 10.6. The number of benzene rings is 1.